The minimum atomic E-state index is -0.341. The highest BCUT2D eigenvalue weighted by Crippen LogP contribution is 2.36. The van der Waals surface area contributed by atoms with Crippen LogP contribution in [-0.4, -0.2) is 11.1 Å². The molecule has 3 aromatic carbocycles. The van der Waals surface area contributed by atoms with Crippen molar-refractivity contribution in [2.45, 2.75) is 13.5 Å². The molecule has 0 radical (unpaired) electrons. The minimum absolute atomic E-state index is 0.327. The van der Waals surface area contributed by atoms with Gasteiger partial charge in [-0.1, -0.05) is 53.6 Å². The summed E-state index contributed by atoms with van der Waals surface area (Å²) in [5.41, 5.74) is 3.63. The Morgan fingerprint density at radius 2 is 1.60 bits per heavy atom. The molecule has 6 heteroatoms. The van der Waals surface area contributed by atoms with E-state index in [0.717, 1.165) is 33.5 Å². The van der Waals surface area contributed by atoms with Gasteiger partial charge in [0.25, 0.3) is 11.1 Å². The van der Waals surface area contributed by atoms with Crippen LogP contribution >= 0.6 is 23.4 Å². The van der Waals surface area contributed by atoms with Crippen molar-refractivity contribution in [2.75, 3.05) is 4.90 Å². The maximum atomic E-state index is 12.7. The fourth-order valence-electron chi connectivity index (χ4n) is 2.94. The van der Waals surface area contributed by atoms with Gasteiger partial charge in [0.1, 0.15) is 12.4 Å². The Kier molecular flexibility index (Phi) is 5.93. The molecule has 1 aliphatic heterocycles. The first-order valence-corrected chi connectivity index (χ1v) is 10.5. The molecule has 150 valence electrons. The lowest BCUT2D eigenvalue weighted by atomic mass is 10.1. The van der Waals surface area contributed by atoms with Crippen molar-refractivity contribution in [1.82, 2.24) is 0 Å². The molecule has 0 bridgehead atoms. The number of carbonyl (C=O) groups excluding carboxylic acids is 2. The number of carbonyl (C=O) groups is 2. The van der Waals surface area contributed by atoms with Crippen molar-refractivity contribution in [1.29, 1.82) is 0 Å². The van der Waals surface area contributed by atoms with Crippen LogP contribution in [0.3, 0.4) is 0 Å². The number of imide groups is 1. The van der Waals surface area contributed by atoms with E-state index in [4.69, 9.17) is 16.3 Å². The van der Waals surface area contributed by atoms with Crippen LogP contribution in [0.25, 0.3) is 6.08 Å². The minimum Gasteiger partial charge on any atom is -0.489 e. The summed E-state index contributed by atoms with van der Waals surface area (Å²) in [6, 6.07) is 22.2. The number of ether oxygens (including phenoxy) is 1. The summed E-state index contributed by atoms with van der Waals surface area (Å²) in [6.45, 7) is 2.53. The fraction of sp³-hybridized carbons (Fsp3) is 0.0833. The van der Waals surface area contributed by atoms with Crippen LogP contribution in [0.4, 0.5) is 10.5 Å². The van der Waals surface area contributed by atoms with Crippen molar-refractivity contribution in [2.24, 2.45) is 0 Å². The Bertz CT molecular complexity index is 1110. The lowest BCUT2D eigenvalue weighted by Crippen LogP contribution is -2.27. The van der Waals surface area contributed by atoms with E-state index in [0.29, 0.717) is 22.2 Å². The summed E-state index contributed by atoms with van der Waals surface area (Å²) in [4.78, 5) is 26.6. The van der Waals surface area contributed by atoms with Crippen molar-refractivity contribution in [3.8, 4) is 5.75 Å². The maximum absolute atomic E-state index is 12.7. The van der Waals surface area contributed by atoms with E-state index in [9.17, 15) is 9.59 Å². The van der Waals surface area contributed by atoms with Gasteiger partial charge in [-0.25, -0.2) is 4.90 Å². The molecule has 1 saturated heterocycles. The molecular weight excluding hydrogens is 418 g/mol. The van der Waals surface area contributed by atoms with Crippen LogP contribution in [-0.2, 0) is 11.4 Å². The second-order valence-electron chi connectivity index (χ2n) is 6.84. The van der Waals surface area contributed by atoms with E-state index in [-0.39, 0.29) is 11.1 Å². The Balaban J connectivity index is 1.44. The van der Waals surface area contributed by atoms with E-state index >= 15 is 0 Å². The molecule has 2 amide bonds. The van der Waals surface area contributed by atoms with Crippen molar-refractivity contribution in [3.63, 3.8) is 0 Å². The third kappa shape index (κ3) is 4.58. The van der Waals surface area contributed by atoms with Gasteiger partial charge >= 0.3 is 0 Å². The van der Waals surface area contributed by atoms with Crippen LogP contribution < -0.4 is 9.64 Å². The molecule has 0 unspecified atom stereocenters. The summed E-state index contributed by atoms with van der Waals surface area (Å²) < 4.78 is 5.81. The number of benzene rings is 3. The molecule has 1 aliphatic rings. The number of anilines is 1. The highest BCUT2D eigenvalue weighted by atomic mass is 35.5. The number of amides is 2. The number of hydrogen-bond donors (Lipinski definition) is 0. The fourth-order valence-corrected chi connectivity index (χ4v) is 3.91. The lowest BCUT2D eigenvalue weighted by Gasteiger charge is -2.12. The van der Waals surface area contributed by atoms with Gasteiger partial charge in [0, 0.05) is 5.02 Å². The molecule has 30 heavy (non-hydrogen) atoms. The number of rotatable bonds is 5. The van der Waals surface area contributed by atoms with Crippen molar-refractivity contribution in [3.05, 3.63) is 99.4 Å². The van der Waals surface area contributed by atoms with E-state index < -0.39 is 0 Å². The Morgan fingerprint density at radius 3 is 2.27 bits per heavy atom. The first-order chi connectivity index (χ1) is 14.5. The van der Waals surface area contributed by atoms with Crippen LogP contribution in [0, 0.1) is 6.92 Å². The molecular formula is C24H18ClNO3S. The van der Waals surface area contributed by atoms with Crippen LogP contribution in [0.1, 0.15) is 16.7 Å². The molecule has 4 nitrogen and oxygen atoms in total. The smallest absolute Gasteiger partial charge is 0.298 e. The Labute approximate surface area is 184 Å². The molecule has 1 heterocycles. The van der Waals surface area contributed by atoms with Gasteiger partial charge in [-0.2, -0.15) is 0 Å². The van der Waals surface area contributed by atoms with Crippen LogP contribution in [0.15, 0.2) is 77.7 Å². The van der Waals surface area contributed by atoms with Gasteiger partial charge in [-0.3, -0.25) is 9.59 Å². The lowest BCUT2D eigenvalue weighted by molar-refractivity contribution is -0.113. The van der Waals surface area contributed by atoms with E-state index in [1.54, 1.807) is 30.3 Å². The van der Waals surface area contributed by atoms with Gasteiger partial charge < -0.3 is 4.74 Å². The van der Waals surface area contributed by atoms with Gasteiger partial charge in [0.05, 0.1) is 10.6 Å². The standard InChI is InChI=1S/C24H18ClNO3S/c1-16-2-4-18(5-3-16)15-29-21-12-6-17(7-13-21)14-22-23(27)26(24(28)30-22)20-10-8-19(25)9-11-20/h2-14H,15H2,1H3/b22-14+. The number of halogens is 1. The normalized spacial score (nSPS) is 15.1. The second-order valence-corrected chi connectivity index (χ2v) is 8.27. The zero-order valence-corrected chi connectivity index (χ0v) is 17.7. The van der Waals surface area contributed by atoms with Crippen molar-refractivity contribution < 1.29 is 14.3 Å². The number of aryl methyl sites for hydroxylation is 1. The molecule has 0 N–H and O–H groups in total. The summed E-state index contributed by atoms with van der Waals surface area (Å²) in [5, 5.41) is 0.220. The third-order valence-corrected chi connectivity index (χ3v) is 5.70. The molecule has 0 spiro atoms. The van der Waals surface area contributed by atoms with E-state index in [1.807, 2.05) is 43.3 Å². The average molecular weight is 436 g/mol. The Morgan fingerprint density at radius 1 is 0.933 bits per heavy atom. The zero-order chi connectivity index (χ0) is 21.1. The maximum Gasteiger partial charge on any atom is 0.298 e. The molecule has 0 atom stereocenters. The predicted molar refractivity (Wildman–Crippen MR) is 122 cm³/mol. The quantitative estimate of drug-likeness (QED) is 0.431. The van der Waals surface area contributed by atoms with Gasteiger partial charge in [0.15, 0.2) is 0 Å². The zero-order valence-electron chi connectivity index (χ0n) is 16.2. The summed E-state index contributed by atoms with van der Waals surface area (Å²) in [7, 11) is 0. The van der Waals surface area contributed by atoms with Crippen LogP contribution in [0.2, 0.25) is 5.02 Å². The predicted octanol–water partition coefficient (Wildman–Crippen LogP) is 6.47. The van der Waals surface area contributed by atoms with Gasteiger partial charge in [-0.15, -0.1) is 0 Å². The van der Waals surface area contributed by atoms with Gasteiger partial charge in [-0.05, 0) is 72.3 Å². The summed E-state index contributed by atoms with van der Waals surface area (Å²) >= 11 is 6.81. The topological polar surface area (TPSA) is 46.6 Å². The summed E-state index contributed by atoms with van der Waals surface area (Å²) in [5.74, 6) is 0.397. The first kappa shape index (κ1) is 20.3. The van der Waals surface area contributed by atoms with E-state index in [2.05, 4.69) is 12.1 Å². The molecule has 0 aromatic heterocycles. The van der Waals surface area contributed by atoms with Crippen LogP contribution in [0.5, 0.6) is 5.75 Å². The molecule has 0 aliphatic carbocycles. The highest BCUT2D eigenvalue weighted by Gasteiger charge is 2.36. The third-order valence-electron chi connectivity index (χ3n) is 4.58. The van der Waals surface area contributed by atoms with E-state index in [1.165, 1.54) is 5.56 Å². The first-order valence-electron chi connectivity index (χ1n) is 9.31. The molecule has 3 aromatic rings. The molecule has 0 saturated carbocycles. The van der Waals surface area contributed by atoms with Crippen molar-refractivity contribution >= 4 is 46.3 Å². The molecule has 4 rings (SSSR count). The number of hydrogen-bond acceptors (Lipinski definition) is 4. The molecule has 1 fully saturated rings. The average Bonchev–Trinajstić information content (AvgIpc) is 3.02. The number of nitrogens with zero attached hydrogens (tertiary/aromatic N) is 1. The second kappa shape index (κ2) is 8.78. The highest BCUT2D eigenvalue weighted by molar-refractivity contribution is 8.19. The van der Waals surface area contributed by atoms with Gasteiger partial charge in [0.2, 0.25) is 0 Å². The largest absolute Gasteiger partial charge is 0.489 e. The monoisotopic (exact) mass is 435 g/mol. The Hall–Kier alpha value is -3.02. The number of thioether (sulfide) groups is 1. The SMILES string of the molecule is Cc1ccc(COc2ccc(/C=C3/SC(=O)N(c4ccc(Cl)cc4)C3=O)cc2)cc1. The summed E-state index contributed by atoms with van der Waals surface area (Å²) in [6.07, 6.45) is 1.71.